The Bertz CT molecular complexity index is 622. The van der Waals surface area contributed by atoms with Gasteiger partial charge in [-0.25, -0.2) is 17.9 Å². The summed E-state index contributed by atoms with van der Waals surface area (Å²) in [6, 6.07) is 3.63. The van der Waals surface area contributed by atoms with Gasteiger partial charge in [0.15, 0.2) is 0 Å². The van der Waals surface area contributed by atoms with E-state index in [2.05, 4.69) is 4.72 Å². The van der Waals surface area contributed by atoms with Crippen LogP contribution in [0.5, 0.6) is 5.75 Å². The minimum absolute atomic E-state index is 0.00487. The second-order valence-electron chi connectivity index (χ2n) is 4.66. The predicted molar refractivity (Wildman–Crippen MR) is 74.1 cm³/mol. The van der Waals surface area contributed by atoms with Crippen LogP contribution in [-0.2, 0) is 14.8 Å². The van der Waals surface area contributed by atoms with E-state index >= 15 is 0 Å². The average Bonchev–Trinajstić information content (AvgIpc) is 2.97. The van der Waals surface area contributed by atoms with Gasteiger partial charge in [0, 0.05) is 13.2 Å². The molecule has 1 aromatic rings. The van der Waals surface area contributed by atoms with Gasteiger partial charge in [-0.05, 0) is 31.0 Å². The molecule has 1 saturated heterocycles. The summed E-state index contributed by atoms with van der Waals surface area (Å²) in [6.07, 6.45) is 1.62. The number of hydrogen-bond acceptors (Lipinski definition) is 5. The SMILES string of the molecule is COc1cc(C(=O)O)ccc1S(=O)(=O)NCC1CCCO1. The van der Waals surface area contributed by atoms with E-state index in [1.807, 2.05) is 0 Å². The Labute approximate surface area is 122 Å². The van der Waals surface area contributed by atoms with Crippen LogP contribution in [0.4, 0.5) is 0 Å². The molecule has 0 radical (unpaired) electrons. The number of ether oxygens (including phenoxy) is 2. The summed E-state index contributed by atoms with van der Waals surface area (Å²) in [5, 5.41) is 8.91. The summed E-state index contributed by atoms with van der Waals surface area (Å²) < 4.78 is 37.3. The summed E-state index contributed by atoms with van der Waals surface area (Å²) in [5.74, 6) is -1.15. The van der Waals surface area contributed by atoms with Crippen molar-refractivity contribution in [1.82, 2.24) is 4.72 Å². The molecule has 1 aliphatic heterocycles. The van der Waals surface area contributed by atoms with Crippen molar-refractivity contribution in [3.05, 3.63) is 23.8 Å². The van der Waals surface area contributed by atoms with Gasteiger partial charge in [0.25, 0.3) is 0 Å². The van der Waals surface area contributed by atoms with Crippen LogP contribution in [0, 0.1) is 0 Å². The zero-order chi connectivity index (χ0) is 15.5. The van der Waals surface area contributed by atoms with Crippen molar-refractivity contribution < 1.29 is 27.8 Å². The largest absolute Gasteiger partial charge is 0.495 e. The third-order valence-electron chi connectivity index (χ3n) is 3.23. The molecule has 0 aromatic heterocycles. The van der Waals surface area contributed by atoms with E-state index < -0.39 is 16.0 Å². The van der Waals surface area contributed by atoms with Crippen LogP contribution < -0.4 is 9.46 Å². The molecule has 1 fully saturated rings. The highest BCUT2D eigenvalue weighted by Gasteiger charge is 2.23. The molecule has 116 valence electrons. The monoisotopic (exact) mass is 315 g/mol. The van der Waals surface area contributed by atoms with Crippen molar-refractivity contribution >= 4 is 16.0 Å². The lowest BCUT2D eigenvalue weighted by molar-refractivity contribution is 0.0696. The Morgan fingerprint density at radius 3 is 2.86 bits per heavy atom. The molecule has 7 nitrogen and oxygen atoms in total. The fourth-order valence-electron chi connectivity index (χ4n) is 2.11. The van der Waals surface area contributed by atoms with Crippen molar-refractivity contribution in [3.8, 4) is 5.75 Å². The Balaban J connectivity index is 2.20. The number of nitrogens with one attached hydrogen (secondary N) is 1. The molecule has 1 aliphatic rings. The van der Waals surface area contributed by atoms with Crippen molar-refractivity contribution in [1.29, 1.82) is 0 Å². The summed E-state index contributed by atoms with van der Waals surface area (Å²) in [4.78, 5) is 10.8. The number of carboxylic acids is 1. The van der Waals surface area contributed by atoms with E-state index in [-0.39, 0.29) is 28.9 Å². The Hall–Kier alpha value is -1.64. The van der Waals surface area contributed by atoms with Crippen LogP contribution in [0.1, 0.15) is 23.2 Å². The van der Waals surface area contributed by atoms with Crippen molar-refractivity contribution in [2.24, 2.45) is 0 Å². The summed E-state index contributed by atoms with van der Waals surface area (Å²) in [6.45, 7) is 0.829. The number of carbonyl (C=O) groups is 1. The number of hydrogen-bond donors (Lipinski definition) is 2. The third-order valence-corrected chi connectivity index (χ3v) is 4.69. The second-order valence-corrected chi connectivity index (χ2v) is 6.39. The molecule has 0 amide bonds. The first-order chi connectivity index (χ1) is 9.94. The number of aromatic carboxylic acids is 1. The number of benzene rings is 1. The molecule has 0 spiro atoms. The van der Waals surface area contributed by atoms with Crippen LogP contribution in [-0.4, -0.2) is 45.9 Å². The van der Waals surface area contributed by atoms with E-state index in [9.17, 15) is 13.2 Å². The fraction of sp³-hybridized carbons (Fsp3) is 0.462. The molecule has 1 unspecified atom stereocenters. The standard InChI is InChI=1S/C13H17NO6S/c1-19-11-7-9(13(15)16)4-5-12(11)21(17,18)14-8-10-3-2-6-20-10/h4-5,7,10,14H,2-3,6,8H2,1H3,(H,15,16). The van der Waals surface area contributed by atoms with E-state index in [1.165, 1.54) is 25.3 Å². The number of rotatable bonds is 6. The average molecular weight is 315 g/mol. The Kier molecular flexibility index (Phi) is 4.81. The highest BCUT2D eigenvalue weighted by Crippen LogP contribution is 2.25. The van der Waals surface area contributed by atoms with Gasteiger partial charge in [-0.15, -0.1) is 0 Å². The zero-order valence-electron chi connectivity index (χ0n) is 11.5. The molecule has 2 N–H and O–H groups in total. The molecule has 0 bridgehead atoms. The van der Waals surface area contributed by atoms with Crippen LogP contribution in [0.2, 0.25) is 0 Å². The topological polar surface area (TPSA) is 102 Å². The summed E-state index contributed by atoms with van der Waals surface area (Å²) in [7, 11) is -2.49. The summed E-state index contributed by atoms with van der Waals surface area (Å²) >= 11 is 0. The molecule has 0 saturated carbocycles. The maximum absolute atomic E-state index is 12.3. The first kappa shape index (κ1) is 15.7. The minimum Gasteiger partial charge on any atom is -0.495 e. The quantitative estimate of drug-likeness (QED) is 0.807. The molecule has 1 aromatic carbocycles. The van der Waals surface area contributed by atoms with Gasteiger partial charge in [0.05, 0.1) is 18.8 Å². The van der Waals surface area contributed by atoms with Gasteiger partial charge in [-0.1, -0.05) is 0 Å². The van der Waals surface area contributed by atoms with Gasteiger partial charge >= 0.3 is 5.97 Å². The van der Waals surface area contributed by atoms with E-state index in [0.29, 0.717) is 6.61 Å². The van der Waals surface area contributed by atoms with Crippen LogP contribution in [0.3, 0.4) is 0 Å². The van der Waals surface area contributed by atoms with Crippen LogP contribution in [0.25, 0.3) is 0 Å². The zero-order valence-corrected chi connectivity index (χ0v) is 12.4. The van der Waals surface area contributed by atoms with Gasteiger partial charge < -0.3 is 14.6 Å². The lowest BCUT2D eigenvalue weighted by Crippen LogP contribution is -2.32. The van der Waals surface area contributed by atoms with Crippen LogP contribution >= 0.6 is 0 Å². The molecule has 0 aliphatic carbocycles. The first-order valence-corrected chi connectivity index (χ1v) is 7.95. The summed E-state index contributed by atoms with van der Waals surface area (Å²) in [5.41, 5.74) is -0.0371. The van der Waals surface area contributed by atoms with E-state index in [0.717, 1.165) is 12.8 Å². The lowest BCUT2D eigenvalue weighted by atomic mass is 10.2. The van der Waals surface area contributed by atoms with Crippen LogP contribution in [0.15, 0.2) is 23.1 Å². The number of methoxy groups -OCH3 is 1. The first-order valence-electron chi connectivity index (χ1n) is 6.46. The van der Waals surface area contributed by atoms with Crippen molar-refractivity contribution in [2.75, 3.05) is 20.3 Å². The van der Waals surface area contributed by atoms with Gasteiger partial charge in [0.1, 0.15) is 10.6 Å². The Morgan fingerprint density at radius 1 is 1.52 bits per heavy atom. The molecule has 1 atom stereocenters. The molecular weight excluding hydrogens is 298 g/mol. The fourth-order valence-corrected chi connectivity index (χ4v) is 3.32. The Morgan fingerprint density at radius 2 is 2.29 bits per heavy atom. The molecular formula is C13H17NO6S. The van der Waals surface area contributed by atoms with Gasteiger partial charge in [-0.3, -0.25) is 0 Å². The van der Waals surface area contributed by atoms with E-state index in [1.54, 1.807) is 0 Å². The molecule has 8 heteroatoms. The highest BCUT2D eigenvalue weighted by atomic mass is 32.2. The minimum atomic E-state index is -3.78. The van der Waals surface area contributed by atoms with Gasteiger partial charge in [-0.2, -0.15) is 0 Å². The number of carboxylic acid groups (broad SMARTS) is 1. The normalized spacial score (nSPS) is 18.6. The molecule has 2 rings (SSSR count). The second kappa shape index (κ2) is 6.42. The van der Waals surface area contributed by atoms with Crippen molar-refractivity contribution in [3.63, 3.8) is 0 Å². The highest BCUT2D eigenvalue weighted by molar-refractivity contribution is 7.89. The predicted octanol–water partition coefficient (Wildman–Crippen LogP) is 0.851. The third kappa shape index (κ3) is 3.72. The maximum atomic E-state index is 12.3. The van der Waals surface area contributed by atoms with E-state index in [4.69, 9.17) is 14.6 Å². The smallest absolute Gasteiger partial charge is 0.335 e. The van der Waals surface area contributed by atoms with Gasteiger partial charge in [0.2, 0.25) is 10.0 Å². The van der Waals surface area contributed by atoms with Crippen molar-refractivity contribution in [2.45, 2.75) is 23.8 Å². The number of sulfonamides is 1. The lowest BCUT2D eigenvalue weighted by Gasteiger charge is -2.13. The molecule has 1 heterocycles. The maximum Gasteiger partial charge on any atom is 0.335 e. The molecule has 21 heavy (non-hydrogen) atoms.